The topological polar surface area (TPSA) is 37.1 Å². The highest BCUT2D eigenvalue weighted by Gasteiger charge is 2.37. The Morgan fingerprint density at radius 2 is 1.15 bits per heavy atom. The van der Waals surface area contributed by atoms with Crippen molar-refractivity contribution in [1.29, 1.82) is 0 Å². The van der Waals surface area contributed by atoms with Gasteiger partial charge in [0.25, 0.3) is 5.84 Å². The number of rotatable bonds is 8. The second-order valence-electron chi connectivity index (χ2n) is 9.79. The van der Waals surface area contributed by atoms with E-state index in [0.717, 1.165) is 45.7 Å². The summed E-state index contributed by atoms with van der Waals surface area (Å²) in [5, 5.41) is 0. The molecule has 1 aliphatic rings. The maximum absolute atomic E-state index is 5.83. The van der Waals surface area contributed by atoms with Gasteiger partial charge in [0.05, 0.1) is 37.6 Å². The molecule has 41 heavy (non-hydrogen) atoms. The van der Waals surface area contributed by atoms with Gasteiger partial charge in [0.15, 0.2) is 11.4 Å². The zero-order valence-electron chi connectivity index (χ0n) is 23.3. The lowest BCUT2D eigenvalue weighted by atomic mass is 10.1. The Hall–Kier alpha value is -5.16. The average molecular weight is 539 g/mol. The number of fused-ring (bicyclic) bond motifs is 1. The lowest BCUT2D eigenvalue weighted by Crippen LogP contribution is -2.30. The standard InChI is InChI=1S/C36H32N3O2/c1-40-33-23-13-11-21-31(33)38(25-27-15-5-3-6-16-27)35-29-19-9-10-20-30(29)36(37-35)39(26-28-17-7-4-8-18-28)32-22-12-14-24-34(32)41-2/h3-24H,25-26H2,1-2H3/q+1. The Bertz CT molecular complexity index is 1710. The molecule has 5 aromatic carbocycles. The van der Waals surface area contributed by atoms with Gasteiger partial charge in [-0.25, -0.2) is 4.58 Å². The van der Waals surface area contributed by atoms with Crippen LogP contribution in [-0.4, -0.2) is 30.5 Å². The van der Waals surface area contributed by atoms with Crippen LogP contribution in [0.4, 0.5) is 11.4 Å². The number of para-hydroxylation sites is 4. The molecule has 0 amide bonds. The van der Waals surface area contributed by atoms with Crippen molar-refractivity contribution in [3.8, 4) is 11.5 Å². The Morgan fingerprint density at radius 3 is 1.85 bits per heavy atom. The molecule has 0 N–H and O–H groups in total. The van der Waals surface area contributed by atoms with Crippen LogP contribution < -0.4 is 14.4 Å². The van der Waals surface area contributed by atoms with Crippen LogP contribution >= 0.6 is 0 Å². The zero-order chi connectivity index (χ0) is 28.0. The van der Waals surface area contributed by atoms with E-state index < -0.39 is 0 Å². The highest BCUT2D eigenvalue weighted by Crippen LogP contribution is 2.35. The van der Waals surface area contributed by atoms with Crippen molar-refractivity contribution in [3.63, 3.8) is 0 Å². The zero-order valence-corrected chi connectivity index (χ0v) is 23.3. The van der Waals surface area contributed by atoms with Crippen molar-refractivity contribution in [1.82, 2.24) is 0 Å². The first-order valence-electron chi connectivity index (χ1n) is 13.7. The molecule has 1 aliphatic heterocycles. The van der Waals surface area contributed by atoms with E-state index in [0.29, 0.717) is 13.1 Å². The van der Waals surface area contributed by atoms with Crippen molar-refractivity contribution in [2.45, 2.75) is 13.1 Å². The summed E-state index contributed by atoms with van der Waals surface area (Å²) in [6.07, 6.45) is 0. The number of anilines is 1. The molecule has 5 nitrogen and oxygen atoms in total. The molecule has 5 heteroatoms. The fraction of sp³-hybridized carbons (Fsp3) is 0.111. The highest BCUT2D eigenvalue weighted by atomic mass is 16.5. The Balaban J connectivity index is 1.60. The van der Waals surface area contributed by atoms with Gasteiger partial charge in [0.1, 0.15) is 12.3 Å². The van der Waals surface area contributed by atoms with Crippen LogP contribution in [0.2, 0.25) is 0 Å². The Morgan fingerprint density at radius 1 is 0.585 bits per heavy atom. The van der Waals surface area contributed by atoms with Gasteiger partial charge >= 0.3 is 5.84 Å². The van der Waals surface area contributed by atoms with Crippen LogP contribution in [-0.2, 0) is 13.1 Å². The molecule has 0 spiro atoms. The molecule has 0 bridgehead atoms. The summed E-state index contributed by atoms with van der Waals surface area (Å²) in [6, 6.07) is 45.6. The number of hydrogen-bond acceptors (Lipinski definition) is 3. The van der Waals surface area contributed by atoms with E-state index in [1.165, 1.54) is 11.1 Å². The molecule has 0 unspecified atom stereocenters. The molecule has 0 saturated carbocycles. The van der Waals surface area contributed by atoms with Crippen molar-refractivity contribution in [3.05, 3.63) is 156 Å². The van der Waals surface area contributed by atoms with E-state index in [1.807, 2.05) is 48.5 Å². The van der Waals surface area contributed by atoms with Crippen molar-refractivity contribution in [2.24, 2.45) is 4.99 Å². The van der Waals surface area contributed by atoms with E-state index in [4.69, 9.17) is 14.5 Å². The van der Waals surface area contributed by atoms with Crippen molar-refractivity contribution >= 4 is 23.0 Å². The van der Waals surface area contributed by atoms with E-state index in [9.17, 15) is 0 Å². The monoisotopic (exact) mass is 538 g/mol. The van der Waals surface area contributed by atoms with Crippen molar-refractivity contribution in [2.75, 3.05) is 19.1 Å². The lowest BCUT2D eigenvalue weighted by Gasteiger charge is -2.24. The third kappa shape index (κ3) is 5.35. The molecule has 1 heterocycles. The van der Waals surface area contributed by atoms with Gasteiger partial charge in [0, 0.05) is 0 Å². The molecular formula is C36H32N3O2+. The number of methoxy groups -OCH3 is 2. The SMILES string of the molecule is COc1ccccc1N(Cc1ccccc1)C1=NC(=[N+](Cc2ccccc2)c2ccccc2OC)c2ccccc21. The van der Waals surface area contributed by atoms with Gasteiger partial charge < -0.3 is 9.47 Å². The fourth-order valence-electron chi connectivity index (χ4n) is 5.29. The number of hydrogen-bond donors (Lipinski definition) is 0. The first-order valence-corrected chi connectivity index (χ1v) is 13.7. The third-order valence-corrected chi connectivity index (χ3v) is 7.25. The summed E-state index contributed by atoms with van der Waals surface area (Å²) >= 11 is 0. The molecule has 202 valence electrons. The van der Waals surface area contributed by atoms with E-state index >= 15 is 0 Å². The number of ether oxygens (including phenoxy) is 2. The Labute approximate surface area is 241 Å². The fourth-order valence-corrected chi connectivity index (χ4v) is 5.29. The lowest BCUT2D eigenvalue weighted by molar-refractivity contribution is -0.458. The number of benzene rings is 5. The molecular weight excluding hydrogens is 506 g/mol. The van der Waals surface area contributed by atoms with Gasteiger partial charge in [0.2, 0.25) is 0 Å². The predicted octanol–water partition coefficient (Wildman–Crippen LogP) is 7.46. The van der Waals surface area contributed by atoms with Crippen LogP contribution in [0.3, 0.4) is 0 Å². The average Bonchev–Trinajstić information content (AvgIpc) is 3.42. The maximum atomic E-state index is 5.83. The summed E-state index contributed by atoms with van der Waals surface area (Å²) in [4.78, 5) is 7.68. The summed E-state index contributed by atoms with van der Waals surface area (Å²) in [5.41, 5.74) is 6.41. The van der Waals surface area contributed by atoms with E-state index in [-0.39, 0.29) is 0 Å². The second-order valence-corrected chi connectivity index (χ2v) is 9.79. The van der Waals surface area contributed by atoms with Crippen LogP contribution in [0.25, 0.3) is 0 Å². The van der Waals surface area contributed by atoms with E-state index in [1.54, 1.807) is 14.2 Å². The largest absolute Gasteiger partial charge is 0.495 e. The van der Waals surface area contributed by atoms with Gasteiger partial charge in [-0.15, -0.1) is 0 Å². The summed E-state index contributed by atoms with van der Waals surface area (Å²) in [7, 11) is 3.43. The van der Waals surface area contributed by atoms with Gasteiger partial charge in [-0.2, -0.15) is 0 Å². The highest BCUT2D eigenvalue weighted by molar-refractivity contribution is 6.26. The maximum Gasteiger partial charge on any atom is 0.334 e. The van der Waals surface area contributed by atoms with Gasteiger partial charge in [-0.05, 0) is 52.5 Å². The smallest absolute Gasteiger partial charge is 0.334 e. The number of nitrogens with zero attached hydrogens (tertiary/aromatic N) is 3. The Kier molecular flexibility index (Phi) is 7.59. The minimum atomic E-state index is 0.634. The molecule has 0 atom stereocenters. The van der Waals surface area contributed by atoms with Crippen LogP contribution in [0.15, 0.2) is 138 Å². The van der Waals surface area contributed by atoms with Crippen LogP contribution in [0.5, 0.6) is 11.5 Å². The van der Waals surface area contributed by atoms with Crippen LogP contribution in [0, 0.1) is 0 Å². The third-order valence-electron chi connectivity index (χ3n) is 7.25. The molecule has 5 aromatic rings. The summed E-state index contributed by atoms with van der Waals surface area (Å²) in [6.45, 7) is 1.27. The summed E-state index contributed by atoms with van der Waals surface area (Å²) in [5.74, 6) is 3.33. The van der Waals surface area contributed by atoms with Gasteiger partial charge in [-0.1, -0.05) is 97.1 Å². The van der Waals surface area contributed by atoms with Crippen LogP contribution in [0.1, 0.15) is 22.3 Å². The minimum absolute atomic E-state index is 0.634. The first kappa shape index (κ1) is 26.1. The molecule has 0 radical (unpaired) electrons. The normalized spacial score (nSPS) is 13.3. The minimum Gasteiger partial charge on any atom is -0.495 e. The molecule has 0 aromatic heterocycles. The molecule has 6 rings (SSSR count). The van der Waals surface area contributed by atoms with E-state index in [2.05, 4.69) is 94.4 Å². The molecule has 0 aliphatic carbocycles. The summed E-state index contributed by atoms with van der Waals surface area (Å²) < 4.78 is 13.9. The van der Waals surface area contributed by atoms with Crippen molar-refractivity contribution < 1.29 is 14.0 Å². The quantitative estimate of drug-likeness (QED) is 0.192. The second kappa shape index (κ2) is 11.9. The molecule has 0 fully saturated rings. The molecule has 0 saturated heterocycles. The number of aliphatic imine (C=N–C) groups is 1. The first-order chi connectivity index (χ1) is 20.3. The van der Waals surface area contributed by atoms with Gasteiger partial charge in [-0.3, -0.25) is 4.90 Å². The number of amidine groups is 2. The predicted molar refractivity (Wildman–Crippen MR) is 166 cm³/mol.